The molecular formula is C15H22N2O3S. The van der Waals surface area contributed by atoms with E-state index in [1.54, 1.807) is 21.1 Å². The van der Waals surface area contributed by atoms with Crippen LogP contribution in [0, 0.1) is 6.92 Å². The fourth-order valence-electron chi connectivity index (χ4n) is 2.53. The van der Waals surface area contributed by atoms with Crippen LogP contribution in [-0.2, 0) is 11.2 Å². The Bertz CT molecular complexity index is 531. The number of rotatable bonds is 3. The number of carbonyl (C=O) groups is 2. The van der Waals surface area contributed by atoms with Crippen LogP contribution in [0.1, 0.15) is 34.0 Å². The molecule has 0 radical (unpaired) electrons. The highest BCUT2D eigenvalue weighted by Crippen LogP contribution is 2.24. The van der Waals surface area contributed by atoms with Crippen LogP contribution < -0.4 is 0 Å². The summed E-state index contributed by atoms with van der Waals surface area (Å²) in [7, 11) is 0. The number of aliphatic hydroxyl groups excluding tert-OH is 1. The molecule has 0 aliphatic carbocycles. The van der Waals surface area contributed by atoms with Gasteiger partial charge >= 0.3 is 0 Å². The Kier molecular flexibility index (Phi) is 5.00. The third-order valence-electron chi connectivity index (χ3n) is 3.79. The molecule has 1 aliphatic rings. The highest BCUT2D eigenvalue weighted by molar-refractivity contribution is 7.14. The minimum atomic E-state index is -0.973. The number of hydrogen-bond acceptors (Lipinski definition) is 4. The van der Waals surface area contributed by atoms with Gasteiger partial charge in [-0.1, -0.05) is 6.92 Å². The predicted molar refractivity (Wildman–Crippen MR) is 82.6 cm³/mol. The van der Waals surface area contributed by atoms with Gasteiger partial charge < -0.3 is 14.9 Å². The zero-order valence-corrected chi connectivity index (χ0v) is 13.6. The van der Waals surface area contributed by atoms with Gasteiger partial charge in [-0.15, -0.1) is 11.3 Å². The minimum Gasteiger partial charge on any atom is -0.384 e. The van der Waals surface area contributed by atoms with Crippen molar-refractivity contribution in [1.82, 2.24) is 9.80 Å². The summed E-state index contributed by atoms with van der Waals surface area (Å²) in [4.78, 5) is 29.6. The third-order valence-corrected chi connectivity index (χ3v) is 5.16. The van der Waals surface area contributed by atoms with Gasteiger partial charge in [0.05, 0.1) is 4.88 Å². The molecule has 1 aromatic heterocycles. The predicted octanol–water partition coefficient (Wildman–Crippen LogP) is 1.28. The fraction of sp³-hybridized carbons (Fsp3) is 0.600. The van der Waals surface area contributed by atoms with Gasteiger partial charge in [-0.3, -0.25) is 9.59 Å². The van der Waals surface area contributed by atoms with Crippen molar-refractivity contribution in [3.8, 4) is 0 Å². The quantitative estimate of drug-likeness (QED) is 0.915. The van der Waals surface area contributed by atoms with Crippen LogP contribution in [0.3, 0.4) is 0 Å². The van der Waals surface area contributed by atoms with Gasteiger partial charge in [0, 0.05) is 31.1 Å². The van der Waals surface area contributed by atoms with Crippen molar-refractivity contribution in [3.05, 3.63) is 21.4 Å². The molecule has 6 heteroatoms. The van der Waals surface area contributed by atoms with Crippen LogP contribution in [0.5, 0.6) is 0 Å². The molecule has 5 nitrogen and oxygen atoms in total. The molecule has 21 heavy (non-hydrogen) atoms. The van der Waals surface area contributed by atoms with E-state index < -0.39 is 6.10 Å². The summed E-state index contributed by atoms with van der Waals surface area (Å²) in [6.45, 7) is 7.62. The Morgan fingerprint density at radius 2 is 1.86 bits per heavy atom. The van der Waals surface area contributed by atoms with E-state index in [1.807, 2.05) is 13.0 Å². The maximum absolute atomic E-state index is 12.5. The second kappa shape index (κ2) is 6.58. The molecule has 1 aliphatic heterocycles. The molecule has 2 heterocycles. The van der Waals surface area contributed by atoms with Crippen molar-refractivity contribution in [2.75, 3.05) is 26.2 Å². The number of aryl methyl sites for hydroxylation is 2. The van der Waals surface area contributed by atoms with E-state index in [4.69, 9.17) is 0 Å². The van der Waals surface area contributed by atoms with Crippen molar-refractivity contribution in [2.45, 2.75) is 33.3 Å². The lowest BCUT2D eigenvalue weighted by atomic mass is 10.2. The minimum absolute atomic E-state index is 0.0481. The monoisotopic (exact) mass is 310 g/mol. The Labute approximate surface area is 129 Å². The average Bonchev–Trinajstić information content (AvgIpc) is 2.87. The number of aliphatic hydroxyl groups is 1. The summed E-state index contributed by atoms with van der Waals surface area (Å²) < 4.78 is 0. The molecule has 1 fully saturated rings. The second-order valence-electron chi connectivity index (χ2n) is 5.36. The molecule has 1 saturated heterocycles. The Morgan fingerprint density at radius 3 is 2.33 bits per heavy atom. The van der Waals surface area contributed by atoms with E-state index in [-0.39, 0.29) is 11.8 Å². The lowest BCUT2D eigenvalue weighted by Gasteiger charge is -2.35. The SMILES string of the molecule is CCc1sc(C(=O)N2CCN(C(=O)C(C)O)CC2)cc1C. The smallest absolute Gasteiger partial charge is 0.264 e. The topological polar surface area (TPSA) is 60.9 Å². The molecule has 1 atom stereocenters. The number of nitrogens with zero attached hydrogens (tertiary/aromatic N) is 2. The van der Waals surface area contributed by atoms with E-state index in [9.17, 15) is 14.7 Å². The summed E-state index contributed by atoms with van der Waals surface area (Å²) in [5.74, 6) is -0.214. The maximum atomic E-state index is 12.5. The Morgan fingerprint density at radius 1 is 1.29 bits per heavy atom. The van der Waals surface area contributed by atoms with E-state index in [2.05, 4.69) is 6.92 Å². The van der Waals surface area contributed by atoms with E-state index in [0.29, 0.717) is 26.2 Å². The number of thiophene rings is 1. The standard InChI is InChI=1S/C15H22N2O3S/c1-4-12-10(2)9-13(21-12)15(20)17-7-5-16(6-8-17)14(19)11(3)18/h9,11,18H,4-8H2,1-3H3. The van der Waals surface area contributed by atoms with E-state index in [1.165, 1.54) is 17.4 Å². The van der Waals surface area contributed by atoms with Crippen LogP contribution in [0.15, 0.2) is 6.07 Å². The van der Waals surface area contributed by atoms with Gasteiger partial charge in [-0.25, -0.2) is 0 Å². The molecule has 0 spiro atoms. The third kappa shape index (κ3) is 3.44. The molecule has 2 amide bonds. The normalized spacial score (nSPS) is 17.0. The summed E-state index contributed by atoms with van der Waals surface area (Å²) in [6, 6.07) is 1.96. The Balaban J connectivity index is 1.98. The van der Waals surface area contributed by atoms with Crippen molar-refractivity contribution < 1.29 is 14.7 Å². The number of amides is 2. The van der Waals surface area contributed by atoms with Gasteiger partial charge in [0.2, 0.25) is 0 Å². The largest absolute Gasteiger partial charge is 0.384 e. The zero-order chi connectivity index (χ0) is 15.6. The molecule has 1 unspecified atom stereocenters. The van der Waals surface area contributed by atoms with Crippen LogP contribution in [-0.4, -0.2) is 59.0 Å². The molecule has 0 aromatic carbocycles. The van der Waals surface area contributed by atoms with Crippen molar-refractivity contribution in [1.29, 1.82) is 0 Å². The van der Waals surface area contributed by atoms with Crippen LogP contribution in [0.4, 0.5) is 0 Å². The first-order valence-electron chi connectivity index (χ1n) is 7.29. The molecule has 116 valence electrons. The summed E-state index contributed by atoms with van der Waals surface area (Å²) >= 11 is 1.56. The van der Waals surface area contributed by atoms with Crippen LogP contribution in [0.2, 0.25) is 0 Å². The summed E-state index contributed by atoms with van der Waals surface area (Å²) in [5.41, 5.74) is 1.17. The van der Waals surface area contributed by atoms with Crippen LogP contribution in [0.25, 0.3) is 0 Å². The van der Waals surface area contributed by atoms with Gasteiger partial charge in [0.25, 0.3) is 11.8 Å². The zero-order valence-electron chi connectivity index (χ0n) is 12.8. The average molecular weight is 310 g/mol. The van der Waals surface area contributed by atoms with E-state index >= 15 is 0 Å². The van der Waals surface area contributed by atoms with Crippen molar-refractivity contribution in [3.63, 3.8) is 0 Å². The van der Waals surface area contributed by atoms with Gasteiger partial charge in [0.1, 0.15) is 6.10 Å². The highest BCUT2D eigenvalue weighted by Gasteiger charge is 2.27. The molecular weight excluding hydrogens is 288 g/mol. The molecule has 2 rings (SSSR count). The first kappa shape index (κ1) is 16.0. The van der Waals surface area contributed by atoms with Gasteiger partial charge in [-0.2, -0.15) is 0 Å². The van der Waals surface area contributed by atoms with Gasteiger partial charge in [-0.05, 0) is 31.9 Å². The van der Waals surface area contributed by atoms with E-state index in [0.717, 1.165) is 11.3 Å². The highest BCUT2D eigenvalue weighted by atomic mass is 32.1. The lowest BCUT2D eigenvalue weighted by Crippen LogP contribution is -2.52. The van der Waals surface area contributed by atoms with Crippen LogP contribution >= 0.6 is 11.3 Å². The fourth-order valence-corrected chi connectivity index (χ4v) is 3.61. The summed E-state index contributed by atoms with van der Waals surface area (Å²) in [5, 5.41) is 9.32. The first-order valence-corrected chi connectivity index (χ1v) is 8.11. The van der Waals surface area contributed by atoms with Crippen molar-refractivity contribution >= 4 is 23.2 Å². The number of piperazine rings is 1. The molecule has 0 bridgehead atoms. The summed E-state index contributed by atoms with van der Waals surface area (Å²) in [6.07, 6.45) is -0.0280. The van der Waals surface area contributed by atoms with Gasteiger partial charge in [0.15, 0.2) is 0 Å². The first-order chi connectivity index (χ1) is 9.93. The number of hydrogen-bond donors (Lipinski definition) is 1. The maximum Gasteiger partial charge on any atom is 0.264 e. The Hall–Kier alpha value is -1.40. The van der Waals surface area contributed by atoms with Crippen molar-refractivity contribution in [2.24, 2.45) is 0 Å². The molecule has 1 N–H and O–H groups in total. The number of carbonyl (C=O) groups excluding carboxylic acids is 2. The molecule has 1 aromatic rings. The second-order valence-corrected chi connectivity index (χ2v) is 6.50. The molecule has 0 saturated carbocycles. The lowest BCUT2D eigenvalue weighted by molar-refractivity contribution is -0.140.